The van der Waals surface area contributed by atoms with E-state index in [1.807, 2.05) is 24.3 Å². The summed E-state index contributed by atoms with van der Waals surface area (Å²) in [5.74, 6) is 2.22. The molecule has 0 saturated heterocycles. The highest BCUT2D eigenvalue weighted by Gasteiger charge is 2.18. The molecular weight excluding hydrogens is 647 g/mol. The molecule has 4 heteroatoms. The van der Waals surface area contributed by atoms with E-state index in [1.165, 1.54) is 16.7 Å². The summed E-state index contributed by atoms with van der Waals surface area (Å²) in [6.45, 7) is 0. The van der Waals surface area contributed by atoms with Gasteiger partial charge in [-0.1, -0.05) is 158 Å². The minimum absolute atomic E-state index is 0.0904. The Morgan fingerprint density at radius 2 is 1.04 bits per heavy atom. The van der Waals surface area contributed by atoms with Gasteiger partial charge in [-0.05, 0) is 74.8 Å². The second-order valence-electron chi connectivity index (χ2n) is 13.6. The van der Waals surface area contributed by atoms with Crippen LogP contribution in [0, 0.1) is 0 Å². The summed E-state index contributed by atoms with van der Waals surface area (Å²) in [6.07, 6.45) is 9.37. The van der Waals surface area contributed by atoms with Crippen LogP contribution in [-0.4, -0.2) is 15.0 Å². The first-order chi connectivity index (χ1) is 26.2. The van der Waals surface area contributed by atoms with Gasteiger partial charge in [-0.15, -0.1) is 0 Å². The zero-order chi connectivity index (χ0) is 35.1. The predicted molar refractivity (Wildman–Crippen MR) is 217 cm³/mol. The molecule has 0 spiro atoms. The summed E-state index contributed by atoms with van der Waals surface area (Å²) >= 11 is 0. The van der Waals surface area contributed by atoms with Gasteiger partial charge >= 0.3 is 0 Å². The number of rotatable bonds is 6. The highest BCUT2D eigenvalue weighted by molar-refractivity contribution is 6.12. The van der Waals surface area contributed by atoms with Crippen LogP contribution in [-0.2, 0) is 0 Å². The molecule has 10 rings (SSSR count). The third-order valence-corrected chi connectivity index (χ3v) is 10.2. The SMILES string of the molecule is C1=CCC(c2nc(-c3ccc(-c4ccc(-c5ccccc5)cc4)cc3)nc(-c3ccc4cc(-c5cccc6oc7ccccc7c56)ccc4c3)n2)C=C1. The molecule has 0 aliphatic heterocycles. The van der Waals surface area contributed by atoms with Crippen LogP contribution in [0.4, 0.5) is 0 Å². The highest BCUT2D eigenvalue weighted by Crippen LogP contribution is 2.38. The van der Waals surface area contributed by atoms with Crippen molar-refractivity contribution in [2.24, 2.45) is 0 Å². The summed E-state index contributed by atoms with van der Waals surface area (Å²) in [7, 11) is 0. The molecule has 250 valence electrons. The number of aromatic nitrogens is 3. The van der Waals surface area contributed by atoms with Crippen molar-refractivity contribution in [3.05, 3.63) is 188 Å². The summed E-state index contributed by atoms with van der Waals surface area (Å²) in [5.41, 5.74) is 10.8. The fraction of sp³-hybridized carbons (Fsp3) is 0.0408. The van der Waals surface area contributed by atoms with Gasteiger partial charge in [0.2, 0.25) is 0 Å². The smallest absolute Gasteiger partial charge is 0.163 e. The number of hydrogen-bond acceptors (Lipinski definition) is 4. The van der Waals surface area contributed by atoms with Crippen LogP contribution in [0.3, 0.4) is 0 Å². The van der Waals surface area contributed by atoms with Crippen molar-refractivity contribution >= 4 is 32.7 Å². The zero-order valence-electron chi connectivity index (χ0n) is 28.9. The Kier molecular flexibility index (Phi) is 7.58. The van der Waals surface area contributed by atoms with E-state index in [0.717, 1.165) is 72.8 Å². The lowest BCUT2D eigenvalue weighted by Crippen LogP contribution is -2.07. The van der Waals surface area contributed by atoms with Crippen molar-refractivity contribution < 1.29 is 4.42 Å². The van der Waals surface area contributed by atoms with Gasteiger partial charge in [-0.25, -0.2) is 15.0 Å². The van der Waals surface area contributed by atoms with E-state index >= 15 is 0 Å². The van der Waals surface area contributed by atoms with Crippen molar-refractivity contribution in [1.29, 1.82) is 0 Å². The van der Waals surface area contributed by atoms with Gasteiger partial charge in [0.05, 0.1) is 0 Å². The van der Waals surface area contributed by atoms with Crippen molar-refractivity contribution in [3.8, 4) is 56.2 Å². The van der Waals surface area contributed by atoms with Crippen molar-refractivity contribution in [2.45, 2.75) is 12.3 Å². The van der Waals surface area contributed by atoms with Gasteiger partial charge in [-0.3, -0.25) is 0 Å². The molecule has 0 bridgehead atoms. The molecule has 1 aliphatic carbocycles. The van der Waals surface area contributed by atoms with Crippen LogP contribution in [0.5, 0.6) is 0 Å². The minimum Gasteiger partial charge on any atom is -0.456 e. The Morgan fingerprint density at radius 1 is 0.453 bits per heavy atom. The molecule has 4 nitrogen and oxygen atoms in total. The molecule has 1 atom stereocenters. The Morgan fingerprint density at radius 3 is 1.75 bits per heavy atom. The molecule has 0 N–H and O–H groups in total. The molecule has 1 unspecified atom stereocenters. The fourth-order valence-electron chi connectivity index (χ4n) is 7.45. The maximum atomic E-state index is 6.18. The van der Waals surface area contributed by atoms with E-state index in [4.69, 9.17) is 19.4 Å². The van der Waals surface area contributed by atoms with Crippen LogP contribution in [0.2, 0.25) is 0 Å². The molecular formula is C49H33N3O. The van der Waals surface area contributed by atoms with Crippen molar-refractivity contribution in [1.82, 2.24) is 15.0 Å². The third kappa shape index (κ3) is 5.81. The Bertz CT molecular complexity index is 2850. The first kappa shape index (κ1) is 30.9. The monoisotopic (exact) mass is 679 g/mol. The number of furan rings is 1. The van der Waals surface area contributed by atoms with Gasteiger partial charge < -0.3 is 4.42 Å². The lowest BCUT2D eigenvalue weighted by atomic mass is 9.96. The van der Waals surface area contributed by atoms with Gasteiger partial charge in [0.25, 0.3) is 0 Å². The van der Waals surface area contributed by atoms with Crippen LogP contribution in [0.15, 0.2) is 186 Å². The number of benzene rings is 7. The topological polar surface area (TPSA) is 51.8 Å². The maximum absolute atomic E-state index is 6.18. The molecule has 2 aromatic heterocycles. The first-order valence-corrected chi connectivity index (χ1v) is 18.0. The normalized spacial score (nSPS) is 14.0. The van der Waals surface area contributed by atoms with E-state index in [9.17, 15) is 0 Å². The number of para-hydroxylation sites is 1. The van der Waals surface area contributed by atoms with Crippen molar-refractivity contribution in [2.75, 3.05) is 0 Å². The molecule has 1 aliphatic rings. The van der Waals surface area contributed by atoms with Crippen LogP contribution >= 0.6 is 0 Å². The lowest BCUT2D eigenvalue weighted by molar-refractivity contribution is 0.669. The Balaban J connectivity index is 0.997. The molecule has 0 saturated carbocycles. The van der Waals surface area contributed by atoms with Gasteiger partial charge in [0, 0.05) is 27.8 Å². The second kappa shape index (κ2) is 13.0. The molecule has 0 fully saturated rings. The van der Waals surface area contributed by atoms with Crippen molar-refractivity contribution in [3.63, 3.8) is 0 Å². The van der Waals surface area contributed by atoms with E-state index in [0.29, 0.717) is 11.6 Å². The predicted octanol–water partition coefficient (Wildman–Crippen LogP) is 12.9. The van der Waals surface area contributed by atoms with E-state index in [1.54, 1.807) is 0 Å². The molecule has 2 heterocycles. The number of hydrogen-bond donors (Lipinski definition) is 0. The standard InChI is InChI=1S/C49H33N3O/c1-3-10-32(11-4-1)33-18-20-34(21-19-33)35-22-24-37(25-23-35)48-50-47(36-12-5-2-6-13-36)51-49(52-48)41-29-27-38-30-40(28-26-39(38)31-41)42-15-9-17-45-46(42)43-14-7-8-16-44(43)53-45/h1-12,14-31,36H,13H2. The Hall–Kier alpha value is -6.91. The van der Waals surface area contributed by atoms with Gasteiger partial charge in [0.15, 0.2) is 11.6 Å². The maximum Gasteiger partial charge on any atom is 0.163 e. The average Bonchev–Trinajstić information content (AvgIpc) is 3.63. The second-order valence-corrected chi connectivity index (χ2v) is 13.6. The summed E-state index contributed by atoms with van der Waals surface area (Å²) in [5, 5.41) is 4.55. The Labute approximate surface area is 307 Å². The average molecular weight is 680 g/mol. The minimum atomic E-state index is 0.0904. The summed E-state index contributed by atoms with van der Waals surface area (Å²) < 4.78 is 6.18. The van der Waals surface area contributed by atoms with Crippen LogP contribution in [0.25, 0.3) is 88.9 Å². The largest absolute Gasteiger partial charge is 0.456 e. The van der Waals surface area contributed by atoms with Gasteiger partial charge in [-0.2, -0.15) is 0 Å². The zero-order valence-corrected chi connectivity index (χ0v) is 28.9. The summed E-state index contributed by atoms with van der Waals surface area (Å²) in [4.78, 5) is 15.2. The number of allylic oxidation sites excluding steroid dienone is 4. The number of nitrogens with zero attached hydrogens (tertiary/aromatic N) is 3. The number of fused-ring (bicyclic) bond motifs is 4. The summed E-state index contributed by atoms with van der Waals surface area (Å²) in [6, 6.07) is 55.4. The fourth-order valence-corrected chi connectivity index (χ4v) is 7.45. The van der Waals surface area contributed by atoms with Crippen LogP contribution in [0.1, 0.15) is 18.2 Å². The first-order valence-electron chi connectivity index (χ1n) is 18.0. The van der Waals surface area contributed by atoms with E-state index in [2.05, 4.69) is 158 Å². The van der Waals surface area contributed by atoms with Crippen LogP contribution < -0.4 is 0 Å². The molecule has 7 aromatic carbocycles. The van der Waals surface area contributed by atoms with E-state index < -0.39 is 0 Å². The van der Waals surface area contributed by atoms with Gasteiger partial charge in [0.1, 0.15) is 17.0 Å². The third-order valence-electron chi connectivity index (χ3n) is 10.2. The molecule has 9 aromatic rings. The molecule has 0 radical (unpaired) electrons. The lowest BCUT2D eigenvalue weighted by Gasteiger charge is -2.15. The quantitative estimate of drug-likeness (QED) is 0.175. The molecule has 0 amide bonds. The molecule has 53 heavy (non-hydrogen) atoms. The highest BCUT2D eigenvalue weighted by atomic mass is 16.3. The van der Waals surface area contributed by atoms with E-state index in [-0.39, 0.29) is 5.92 Å².